The number of aromatic nitrogens is 3. The molecule has 0 unspecified atom stereocenters. The second-order valence-electron chi connectivity index (χ2n) is 7.28. The Hall–Kier alpha value is -3.42. The first-order valence-corrected chi connectivity index (χ1v) is 8.94. The number of benzene rings is 1. The summed E-state index contributed by atoms with van der Waals surface area (Å²) in [6, 6.07) is 12.6. The molecule has 2 N–H and O–H groups in total. The van der Waals surface area contributed by atoms with Crippen molar-refractivity contribution in [3.63, 3.8) is 0 Å². The van der Waals surface area contributed by atoms with Crippen LogP contribution in [0.5, 0.6) is 0 Å². The number of carbonyl (C=O) groups is 2. The predicted molar refractivity (Wildman–Crippen MR) is 104 cm³/mol. The van der Waals surface area contributed by atoms with E-state index >= 15 is 0 Å². The third-order valence-electron chi connectivity index (χ3n) is 3.84. The van der Waals surface area contributed by atoms with Gasteiger partial charge in [-0.3, -0.25) is 9.20 Å². The fraction of sp³-hybridized carbons (Fsp3) is 0.300. The Morgan fingerprint density at radius 2 is 1.75 bits per heavy atom. The molecule has 0 aliphatic rings. The van der Waals surface area contributed by atoms with Crippen LogP contribution in [0.4, 0.5) is 4.79 Å². The molecule has 3 aromatic rings. The number of hydrogen-bond donors (Lipinski definition) is 2. The standard InChI is InChI=1S/C20H23N5O3/c1-20(2,3)28-19(27)22-12-14-7-9-15(10-8-14)18(26)21-13-17-24-23-16-6-4-5-11-25(16)17/h4-11H,12-13H2,1-3H3,(H,21,26)(H,22,27). The highest BCUT2D eigenvalue weighted by Gasteiger charge is 2.15. The maximum atomic E-state index is 12.4. The molecule has 0 saturated heterocycles. The van der Waals surface area contributed by atoms with Gasteiger partial charge in [-0.2, -0.15) is 0 Å². The largest absolute Gasteiger partial charge is 0.444 e. The summed E-state index contributed by atoms with van der Waals surface area (Å²) in [4.78, 5) is 24.0. The van der Waals surface area contributed by atoms with E-state index in [9.17, 15) is 9.59 Å². The molecule has 0 saturated carbocycles. The van der Waals surface area contributed by atoms with E-state index in [2.05, 4.69) is 20.8 Å². The van der Waals surface area contributed by atoms with Crippen LogP contribution >= 0.6 is 0 Å². The minimum atomic E-state index is -0.540. The van der Waals surface area contributed by atoms with Crippen LogP contribution in [0.15, 0.2) is 48.7 Å². The first kappa shape index (κ1) is 19.3. The molecule has 8 nitrogen and oxygen atoms in total. The quantitative estimate of drug-likeness (QED) is 0.708. The molecule has 0 aliphatic heterocycles. The molecule has 146 valence electrons. The number of nitrogens with one attached hydrogen (secondary N) is 2. The van der Waals surface area contributed by atoms with Crippen LogP contribution in [0.25, 0.3) is 5.65 Å². The minimum absolute atomic E-state index is 0.209. The van der Waals surface area contributed by atoms with E-state index in [1.807, 2.05) is 49.6 Å². The summed E-state index contributed by atoms with van der Waals surface area (Å²) in [7, 11) is 0. The maximum absolute atomic E-state index is 12.4. The zero-order valence-electron chi connectivity index (χ0n) is 16.1. The van der Waals surface area contributed by atoms with Crippen LogP contribution in [0.3, 0.4) is 0 Å². The molecule has 28 heavy (non-hydrogen) atoms. The average molecular weight is 381 g/mol. The summed E-state index contributed by atoms with van der Waals surface area (Å²) >= 11 is 0. The Morgan fingerprint density at radius 1 is 1.00 bits per heavy atom. The van der Waals surface area contributed by atoms with Gasteiger partial charge in [-0.05, 0) is 50.6 Å². The van der Waals surface area contributed by atoms with Crippen molar-refractivity contribution < 1.29 is 14.3 Å². The zero-order valence-corrected chi connectivity index (χ0v) is 16.1. The zero-order chi connectivity index (χ0) is 20.1. The van der Waals surface area contributed by atoms with Crippen LogP contribution < -0.4 is 10.6 Å². The van der Waals surface area contributed by atoms with Crippen molar-refractivity contribution in [2.45, 2.75) is 39.5 Å². The fourth-order valence-electron chi connectivity index (χ4n) is 2.54. The van der Waals surface area contributed by atoms with Crippen molar-refractivity contribution in [2.75, 3.05) is 0 Å². The summed E-state index contributed by atoms with van der Waals surface area (Å²) < 4.78 is 7.02. The molecule has 2 aromatic heterocycles. The molecule has 3 rings (SSSR count). The molecular formula is C20H23N5O3. The number of pyridine rings is 1. The first-order chi connectivity index (χ1) is 13.3. The normalized spacial score (nSPS) is 11.2. The monoisotopic (exact) mass is 381 g/mol. The molecule has 0 radical (unpaired) electrons. The maximum Gasteiger partial charge on any atom is 0.407 e. The predicted octanol–water partition coefficient (Wildman–Crippen LogP) is 2.68. The molecule has 8 heteroatoms. The van der Waals surface area contributed by atoms with Gasteiger partial charge in [0.2, 0.25) is 0 Å². The van der Waals surface area contributed by atoms with Gasteiger partial charge in [0, 0.05) is 18.3 Å². The van der Waals surface area contributed by atoms with Crippen molar-refractivity contribution in [1.29, 1.82) is 0 Å². The Labute approximate surface area is 162 Å². The van der Waals surface area contributed by atoms with Gasteiger partial charge in [-0.25, -0.2) is 4.79 Å². The van der Waals surface area contributed by atoms with Crippen molar-refractivity contribution in [3.05, 3.63) is 65.6 Å². The number of nitrogens with zero attached hydrogens (tertiary/aromatic N) is 3. The van der Waals surface area contributed by atoms with Gasteiger partial charge in [0.05, 0.1) is 6.54 Å². The van der Waals surface area contributed by atoms with E-state index in [-0.39, 0.29) is 12.5 Å². The van der Waals surface area contributed by atoms with E-state index in [0.29, 0.717) is 17.9 Å². The smallest absolute Gasteiger partial charge is 0.407 e. The number of amides is 2. The van der Waals surface area contributed by atoms with Gasteiger partial charge in [0.1, 0.15) is 5.60 Å². The van der Waals surface area contributed by atoms with E-state index in [1.165, 1.54) is 0 Å². The summed E-state index contributed by atoms with van der Waals surface area (Å²) in [5.74, 6) is 0.446. The van der Waals surface area contributed by atoms with Crippen LogP contribution in [0, 0.1) is 0 Å². The molecule has 2 heterocycles. The van der Waals surface area contributed by atoms with Gasteiger partial charge in [-0.1, -0.05) is 18.2 Å². The number of hydrogen-bond acceptors (Lipinski definition) is 5. The SMILES string of the molecule is CC(C)(C)OC(=O)NCc1ccc(C(=O)NCc2nnc3ccccn23)cc1. The number of alkyl carbamates (subject to hydrolysis) is 1. The molecule has 0 atom stereocenters. The Kier molecular flexibility index (Phi) is 5.58. The third kappa shape index (κ3) is 5.06. The van der Waals surface area contributed by atoms with Crippen LogP contribution in [-0.4, -0.2) is 32.2 Å². The van der Waals surface area contributed by atoms with Gasteiger partial charge >= 0.3 is 6.09 Å². The average Bonchev–Trinajstić information content (AvgIpc) is 3.07. The molecule has 0 bridgehead atoms. The summed E-state index contributed by atoms with van der Waals surface area (Å²) in [5.41, 5.74) is 1.58. The van der Waals surface area contributed by atoms with Crippen LogP contribution in [0.2, 0.25) is 0 Å². The van der Waals surface area contributed by atoms with Gasteiger partial charge in [0.25, 0.3) is 5.91 Å². The Morgan fingerprint density at radius 3 is 2.46 bits per heavy atom. The van der Waals surface area contributed by atoms with Crippen LogP contribution in [0.1, 0.15) is 42.5 Å². The Balaban J connectivity index is 1.53. The second-order valence-corrected chi connectivity index (χ2v) is 7.28. The van der Waals surface area contributed by atoms with Crippen LogP contribution in [-0.2, 0) is 17.8 Å². The molecule has 0 spiro atoms. The molecule has 1 aromatic carbocycles. The molecule has 0 aliphatic carbocycles. The van der Waals surface area contributed by atoms with Crippen molar-refractivity contribution in [1.82, 2.24) is 25.2 Å². The third-order valence-corrected chi connectivity index (χ3v) is 3.84. The lowest BCUT2D eigenvalue weighted by Crippen LogP contribution is -2.32. The van der Waals surface area contributed by atoms with Gasteiger partial charge < -0.3 is 15.4 Å². The second kappa shape index (κ2) is 8.08. The van der Waals surface area contributed by atoms with E-state index in [4.69, 9.17) is 4.74 Å². The highest BCUT2D eigenvalue weighted by atomic mass is 16.6. The van der Waals surface area contributed by atoms with Crippen molar-refractivity contribution in [2.24, 2.45) is 0 Å². The summed E-state index contributed by atoms with van der Waals surface area (Å²) in [5, 5.41) is 13.7. The minimum Gasteiger partial charge on any atom is -0.444 e. The Bertz CT molecular complexity index is 973. The first-order valence-electron chi connectivity index (χ1n) is 8.94. The lowest BCUT2D eigenvalue weighted by molar-refractivity contribution is 0.0523. The number of ether oxygens (including phenoxy) is 1. The lowest BCUT2D eigenvalue weighted by atomic mass is 10.1. The van der Waals surface area contributed by atoms with Crippen molar-refractivity contribution >= 4 is 17.6 Å². The number of fused-ring (bicyclic) bond motifs is 1. The fourth-order valence-corrected chi connectivity index (χ4v) is 2.54. The van der Waals surface area contributed by atoms with E-state index in [0.717, 1.165) is 11.2 Å². The molecule has 0 fully saturated rings. The van der Waals surface area contributed by atoms with Crippen molar-refractivity contribution in [3.8, 4) is 0 Å². The summed E-state index contributed by atoms with van der Waals surface area (Å²) in [6.07, 6.45) is 1.37. The highest BCUT2D eigenvalue weighted by molar-refractivity contribution is 5.94. The van der Waals surface area contributed by atoms with Gasteiger partial charge in [0.15, 0.2) is 11.5 Å². The highest BCUT2D eigenvalue weighted by Crippen LogP contribution is 2.08. The van der Waals surface area contributed by atoms with E-state index in [1.54, 1.807) is 24.3 Å². The van der Waals surface area contributed by atoms with Gasteiger partial charge in [-0.15, -0.1) is 10.2 Å². The molecular weight excluding hydrogens is 358 g/mol. The van der Waals surface area contributed by atoms with E-state index < -0.39 is 11.7 Å². The topological polar surface area (TPSA) is 97.6 Å². The number of rotatable bonds is 5. The molecule has 2 amide bonds. The number of carbonyl (C=O) groups excluding carboxylic acids is 2. The lowest BCUT2D eigenvalue weighted by Gasteiger charge is -2.19. The summed E-state index contributed by atoms with van der Waals surface area (Å²) in [6.45, 7) is 6.02.